The van der Waals surface area contributed by atoms with Crippen LogP contribution in [0.5, 0.6) is 0 Å². The maximum Gasteiger partial charge on any atom is 0.200 e. The summed E-state index contributed by atoms with van der Waals surface area (Å²) in [5.41, 5.74) is 6.87. The Morgan fingerprint density at radius 1 is 1.60 bits per heavy atom. The Labute approximate surface area is 90.9 Å². The van der Waals surface area contributed by atoms with Crippen LogP contribution in [0.3, 0.4) is 0 Å². The topological polar surface area (TPSA) is 55.9 Å². The van der Waals surface area contributed by atoms with Crippen molar-refractivity contribution in [3.8, 4) is 0 Å². The van der Waals surface area contributed by atoms with Gasteiger partial charge in [-0.15, -0.1) is 0 Å². The molecular formula is C11H20N4. The Bertz CT molecular complexity index is 325. The molecule has 1 aliphatic carbocycles. The van der Waals surface area contributed by atoms with Crippen molar-refractivity contribution in [2.45, 2.75) is 51.7 Å². The first-order valence-electron chi connectivity index (χ1n) is 5.73. The quantitative estimate of drug-likeness (QED) is 0.791. The Balaban J connectivity index is 1.93. The standard InChI is InChI=1S/C11H20N4/c1-8(2)15-7-10(14-11(15)12)6-13-9-4-3-5-9/h7-9,13H,3-6H2,1-2H3,(H2,12,14). The highest BCUT2D eigenvalue weighted by atomic mass is 15.2. The SMILES string of the molecule is CC(C)n1cc(CNC2CCC2)nc1N. The van der Waals surface area contributed by atoms with Gasteiger partial charge >= 0.3 is 0 Å². The third-order valence-electron chi connectivity index (χ3n) is 3.04. The first-order valence-corrected chi connectivity index (χ1v) is 5.73. The molecule has 4 nitrogen and oxygen atoms in total. The van der Waals surface area contributed by atoms with Crippen LogP contribution in [0.15, 0.2) is 6.20 Å². The van der Waals surface area contributed by atoms with Crippen LogP contribution in [0.4, 0.5) is 5.95 Å². The molecule has 0 saturated heterocycles. The van der Waals surface area contributed by atoms with Crippen LogP contribution in [0.25, 0.3) is 0 Å². The highest BCUT2D eigenvalue weighted by Gasteiger charge is 2.17. The number of aromatic nitrogens is 2. The highest BCUT2D eigenvalue weighted by Crippen LogP contribution is 2.19. The number of hydrogen-bond acceptors (Lipinski definition) is 3. The summed E-state index contributed by atoms with van der Waals surface area (Å²) >= 11 is 0. The van der Waals surface area contributed by atoms with Crippen LogP contribution >= 0.6 is 0 Å². The molecule has 3 N–H and O–H groups in total. The summed E-state index contributed by atoms with van der Waals surface area (Å²) in [4.78, 5) is 4.34. The van der Waals surface area contributed by atoms with Crippen molar-refractivity contribution in [1.82, 2.24) is 14.9 Å². The van der Waals surface area contributed by atoms with Gasteiger partial charge in [0.1, 0.15) is 0 Å². The van der Waals surface area contributed by atoms with E-state index in [0.29, 0.717) is 18.0 Å². The molecule has 15 heavy (non-hydrogen) atoms. The predicted octanol–water partition coefficient (Wildman–Crippen LogP) is 1.69. The molecule has 84 valence electrons. The molecule has 0 amide bonds. The Morgan fingerprint density at radius 3 is 2.80 bits per heavy atom. The minimum Gasteiger partial charge on any atom is -0.369 e. The molecule has 1 aromatic rings. The van der Waals surface area contributed by atoms with Crippen LogP contribution in [0.1, 0.15) is 44.8 Å². The average molecular weight is 208 g/mol. The zero-order valence-electron chi connectivity index (χ0n) is 9.53. The molecule has 0 radical (unpaired) electrons. The molecule has 0 unspecified atom stereocenters. The number of nitrogen functional groups attached to an aromatic ring is 1. The van der Waals surface area contributed by atoms with Crippen molar-refractivity contribution in [2.24, 2.45) is 0 Å². The maximum atomic E-state index is 5.82. The second-order valence-electron chi connectivity index (χ2n) is 4.60. The molecule has 1 aliphatic rings. The van der Waals surface area contributed by atoms with Gasteiger partial charge in [0.25, 0.3) is 0 Å². The molecule has 0 aliphatic heterocycles. The van der Waals surface area contributed by atoms with Crippen molar-refractivity contribution in [3.05, 3.63) is 11.9 Å². The van der Waals surface area contributed by atoms with Gasteiger partial charge < -0.3 is 15.6 Å². The molecular weight excluding hydrogens is 188 g/mol. The van der Waals surface area contributed by atoms with Gasteiger partial charge in [0.05, 0.1) is 5.69 Å². The molecule has 0 bridgehead atoms. The number of anilines is 1. The van der Waals surface area contributed by atoms with Gasteiger partial charge in [0, 0.05) is 24.8 Å². The van der Waals surface area contributed by atoms with E-state index in [1.165, 1.54) is 19.3 Å². The van der Waals surface area contributed by atoms with E-state index < -0.39 is 0 Å². The zero-order chi connectivity index (χ0) is 10.8. The zero-order valence-corrected chi connectivity index (χ0v) is 9.53. The molecule has 1 heterocycles. The monoisotopic (exact) mass is 208 g/mol. The van der Waals surface area contributed by atoms with Gasteiger partial charge in [-0.3, -0.25) is 0 Å². The van der Waals surface area contributed by atoms with Gasteiger partial charge in [-0.05, 0) is 26.7 Å². The normalized spacial score (nSPS) is 17.0. The van der Waals surface area contributed by atoms with Crippen molar-refractivity contribution in [3.63, 3.8) is 0 Å². The summed E-state index contributed by atoms with van der Waals surface area (Å²) in [5.74, 6) is 0.621. The molecule has 1 aromatic heterocycles. The third kappa shape index (κ3) is 2.31. The number of imidazole rings is 1. The van der Waals surface area contributed by atoms with Crippen molar-refractivity contribution >= 4 is 5.95 Å². The van der Waals surface area contributed by atoms with Crippen molar-refractivity contribution in [1.29, 1.82) is 0 Å². The average Bonchev–Trinajstić information content (AvgIpc) is 2.44. The van der Waals surface area contributed by atoms with E-state index in [0.717, 1.165) is 12.2 Å². The van der Waals surface area contributed by atoms with Crippen LogP contribution < -0.4 is 11.1 Å². The lowest BCUT2D eigenvalue weighted by Gasteiger charge is -2.26. The lowest BCUT2D eigenvalue weighted by molar-refractivity contribution is 0.337. The summed E-state index contributed by atoms with van der Waals surface area (Å²) in [6.45, 7) is 5.07. The number of hydrogen-bond donors (Lipinski definition) is 2. The van der Waals surface area contributed by atoms with Gasteiger partial charge in [-0.25, -0.2) is 4.98 Å². The van der Waals surface area contributed by atoms with Crippen LogP contribution in [-0.4, -0.2) is 15.6 Å². The van der Waals surface area contributed by atoms with E-state index in [9.17, 15) is 0 Å². The number of nitrogens with two attached hydrogens (primary N) is 1. The maximum absolute atomic E-state index is 5.82. The summed E-state index contributed by atoms with van der Waals surface area (Å²) in [6.07, 6.45) is 6.02. The van der Waals surface area contributed by atoms with Gasteiger partial charge in [0.2, 0.25) is 5.95 Å². The minimum atomic E-state index is 0.384. The largest absolute Gasteiger partial charge is 0.369 e. The van der Waals surface area contributed by atoms with Crippen LogP contribution in [0.2, 0.25) is 0 Å². The Kier molecular flexibility index (Phi) is 2.95. The van der Waals surface area contributed by atoms with E-state index in [2.05, 4.69) is 24.1 Å². The van der Waals surface area contributed by atoms with Gasteiger partial charge in [-0.1, -0.05) is 6.42 Å². The Hall–Kier alpha value is -1.03. The van der Waals surface area contributed by atoms with Gasteiger partial charge in [-0.2, -0.15) is 0 Å². The summed E-state index contributed by atoms with van der Waals surface area (Å²) < 4.78 is 2.01. The lowest BCUT2D eigenvalue weighted by atomic mass is 9.93. The third-order valence-corrected chi connectivity index (χ3v) is 3.04. The lowest BCUT2D eigenvalue weighted by Crippen LogP contribution is -2.34. The first-order chi connectivity index (χ1) is 7.16. The van der Waals surface area contributed by atoms with E-state index in [1.807, 2.05) is 10.8 Å². The molecule has 0 aromatic carbocycles. The van der Waals surface area contributed by atoms with Crippen LogP contribution in [-0.2, 0) is 6.54 Å². The van der Waals surface area contributed by atoms with Gasteiger partial charge in [0.15, 0.2) is 0 Å². The second-order valence-corrected chi connectivity index (χ2v) is 4.60. The minimum absolute atomic E-state index is 0.384. The second kappa shape index (κ2) is 4.23. The van der Waals surface area contributed by atoms with E-state index >= 15 is 0 Å². The highest BCUT2D eigenvalue weighted by molar-refractivity contribution is 5.22. The smallest absolute Gasteiger partial charge is 0.200 e. The molecule has 0 atom stereocenters. The van der Waals surface area contributed by atoms with E-state index in [-0.39, 0.29) is 0 Å². The molecule has 2 rings (SSSR count). The fourth-order valence-corrected chi connectivity index (χ4v) is 1.82. The molecule has 0 spiro atoms. The molecule has 1 saturated carbocycles. The summed E-state index contributed by atoms with van der Waals surface area (Å²) in [6, 6.07) is 1.09. The molecule has 4 heteroatoms. The number of nitrogens with one attached hydrogen (secondary N) is 1. The summed E-state index contributed by atoms with van der Waals surface area (Å²) in [7, 11) is 0. The fourth-order valence-electron chi connectivity index (χ4n) is 1.82. The predicted molar refractivity (Wildman–Crippen MR) is 61.5 cm³/mol. The number of nitrogens with zero attached hydrogens (tertiary/aromatic N) is 2. The van der Waals surface area contributed by atoms with E-state index in [4.69, 9.17) is 5.73 Å². The fraction of sp³-hybridized carbons (Fsp3) is 0.727. The van der Waals surface area contributed by atoms with Crippen LogP contribution in [0, 0.1) is 0 Å². The molecule has 1 fully saturated rings. The number of rotatable bonds is 4. The van der Waals surface area contributed by atoms with E-state index in [1.54, 1.807) is 0 Å². The van der Waals surface area contributed by atoms with Crippen molar-refractivity contribution < 1.29 is 0 Å². The first kappa shape index (κ1) is 10.5. The van der Waals surface area contributed by atoms with Crippen molar-refractivity contribution in [2.75, 3.05) is 5.73 Å². The summed E-state index contributed by atoms with van der Waals surface area (Å²) in [5, 5.41) is 3.48. The Morgan fingerprint density at radius 2 is 2.33 bits per heavy atom.